The van der Waals surface area contributed by atoms with E-state index >= 15 is 0 Å². The van der Waals surface area contributed by atoms with Crippen LogP contribution in [0.1, 0.15) is 19.4 Å². The molecular weight excluding hydrogens is 262 g/mol. The molecule has 7 heteroatoms. The van der Waals surface area contributed by atoms with Gasteiger partial charge in [0.2, 0.25) is 0 Å². The second-order valence-electron chi connectivity index (χ2n) is 4.59. The Kier molecular flexibility index (Phi) is 4.26. The maximum absolute atomic E-state index is 5.80. The van der Waals surface area contributed by atoms with Crippen LogP contribution in [0, 0.1) is 0 Å². The number of nitrogen functional groups attached to an aromatic ring is 1. The smallest absolute Gasteiger partial charge is 0.197 e. The van der Waals surface area contributed by atoms with Crippen LogP contribution < -0.4 is 15.8 Å². The van der Waals surface area contributed by atoms with Crippen molar-refractivity contribution >= 4 is 22.4 Å². The van der Waals surface area contributed by atoms with Gasteiger partial charge in [-0.3, -0.25) is 4.68 Å². The fraction of sp³-hybridized carbons (Fsp3) is 0.500. The Balaban J connectivity index is 1.92. The largest absolute Gasteiger partial charge is 0.484 e. The van der Waals surface area contributed by atoms with Crippen molar-refractivity contribution in [2.45, 2.75) is 26.4 Å². The van der Waals surface area contributed by atoms with Gasteiger partial charge in [-0.2, -0.15) is 9.47 Å². The minimum atomic E-state index is 0.0811. The summed E-state index contributed by atoms with van der Waals surface area (Å²) in [5.74, 6) is 1.11. The van der Waals surface area contributed by atoms with Gasteiger partial charge in [0.05, 0.1) is 12.3 Å². The van der Waals surface area contributed by atoms with Crippen molar-refractivity contribution in [2.24, 2.45) is 7.05 Å². The second kappa shape index (κ2) is 5.92. The maximum atomic E-state index is 5.80. The van der Waals surface area contributed by atoms with Crippen LogP contribution in [-0.4, -0.2) is 26.8 Å². The van der Waals surface area contributed by atoms with Gasteiger partial charge in [0.15, 0.2) is 16.6 Å². The summed E-state index contributed by atoms with van der Waals surface area (Å²) in [7, 11) is 1.91. The van der Waals surface area contributed by atoms with Crippen molar-refractivity contribution in [3.63, 3.8) is 0 Å². The lowest BCUT2D eigenvalue weighted by Gasteiger charge is -2.11. The molecule has 0 saturated carbocycles. The Morgan fingerprint density at radius 3 is 2.95 bits per heavy atom. The zero-order chi connectivity index (χ0) is 13.8. The van der Waals surface area contributed by atoms with E-state index in [9.17, 15) is 0 Å². The third kappa shape index (κ3) is 3.60. The van der Waals surface area contributed by atoms with E-state index in [1.807, 2.05) is 33.3 Å². The van der Waals surface area contributed by atoms with Crippen molar-refractivity contribution in [2.75, 3.05) is 17.6 Å². The predicted octanol–water partition coefficient (Wildman–Crippen LogP) is 1.90. The Hall–Kier alpha value is -1.76. The predicted molar refractivity (Wildman–Crippen MR) is 77.7 cm³/mol. The lowest BCUT2D eigenvalue weighted by Crippen LogP contribution is -2.10. The summed E-state index contributed by atoms with van der Waals surface area (Å²) < 4.78 is 11.6. The first-order valence-electron chi connectivity index (χ1n) is 6.19. The maximum Gasteiger partial charge on any atom is 0.197 e. The molecule has 0 unspecified atom stereocenters. The lowest BCUT2D eigenvalue weighted by atomic mass is 10.2. The molecule has 0 radical (unpaired) electrons. The van der Waals surface area contributed by atoms with E-state index in [0.29, 0.717) is 11.6 Å². The Labute approximate surface area is 116 Å². The van der Waals surface area contributed by atoms with E-state index in [0.717, 1.165) is 18.0 Å². The highest BCUT2D eigenvalue weighted by Crippen LogP contribution is 2.35. The summed E-state index contributed by atoms with van der Waals surface area (Å²) in [4.78, 5) is 0. The van der Waals surface area contributed by atoms with Gasteiger partial charge in [-0.05, 0) is 37.4 Å². The van der Waals surface area contributed by atoms with Gasteiger partial charge in [-0.15, -0.1) is 0 Å². The summed E-state index contributed by atoms with van der Waals surface area (Å²) in [5.41, 5.74) is 6.99. The Bertz CT molecular complexity index is 534. The summed E-state index contributed by atoms with van der Waals surface area (Å²) in [6.07, 6.45) is 4.85. The normalized spacial score (nSPS) is 10.9. The molecule has 2 aromatic heterocycles. The number of nitrogens with two attached hydrogens (primary N) is 1. The van der Waals surface area contributed by atoms with Crippen LogP contribution in [0.4, 0.5) is 10.8 Å². The highest BCUT2D eigenvalue weighted by Gasteiger charge is 2.14. The quantitative estimate of drug-likeness (QED) is 0.845. The first kappa shape index (κ1) is 13.7. The number of ether oxygens (including phenoxy) is 1. The van der Waals surface area contributed by atoms with E-state index < -0.39 is 0 Å². The van der Waals surface area contributed by atoms with E-state index in [1.54, 1.807) is 4.68 Å². The van der Waals surface area contributed by atoms with Crippen molar-refractivity contribution in [1.82, 2.24) is 14.2 Å². The average Bonchev–Trinajstić information content (AvgIpc) is 2.89. The van der Waals surface area contributed by atoms with Gasteiger partial charge in [-0.25, -0.2) is 0 Å². The molecule has 0 amide bonds. The van der Waals surface area contributed by atoms with Gasteiger partial charge < -0.3 is 15.8 Å². The summed E-state index contributed by atoms with van der Waals surface area (Å²) in [6.45, 7) is 4.73. The number of anilines is 2. The van der Waals surface area contributed by atoms with Crippen LogP contribution in [0.15, 0.2) is 12.4 Å². The molecule has 0 aromatic carbocycles. The fourth-order valence-electron chi connectivity index (χ4n) is 1.68. The molecule has 2 aromatic rings. The number of nitrogens with zero attached hydrogens (tertiary/aromatic N) is 3. The monoisotopic (exact) mass is 281 g/mol. The molecule has 2 rings (SSSR count). The first-order chi connectivity index (χ1) is 9.06. The molecule has 0 bridgehead atoms. The lowest BCUT2D eigenvalue weighted by molar-refractivity contribution is 0.245. The molecule has 3 N–H and O–H groups in total. The summed E-state index contributed by atoms with van der Waals surface area (Å²) in [6, 6.07) is 0. The number of nitrogens with one attached hydrogen (secondary N) is 1. The highest BCUT2D eigenvalue weighted by molar-refractivity contribution is 7.11. The average molecular weight is 281 g/mol. The second-order valence-corrected chi connectivity index (χ2v) is 5.37. The van der Waals surface area contributed by atoms with Gasteiger partial charge in [0.25, 0.3) is 0 Å². The number of hydrogen-bond acceptors (Lipinski definition) is 6. The molecule has 0 saturated heterocycles. The standard InChI is InChI=1S/C12H19N5OS/c1-8(2)18-10-11(13)16-19-12(10)14-5-4-9-6-15-17(3)7-9/h6-8,14H,4-5H2,1-3H3,(H2,13,16). The van der Waals surface area contributed by atoms with Gasteiger partial charge in [0, 0.05) is 19.8 Å². The number of rotatable bonds is 6. The van der Waals surface area contributed by atoms with Crippen LogP contribution >= 0.6 is 11.5 Å². The molecule has 0 aliphatic rings. The molecule has 6 nitrogen and oxygen atoms in total. The molecular formula is C12H19N5OS. The van der Waals surface area contributed by atoms with Crippen LogP contribution in [0.2, 0.25) is 0 Å². The molecule has 0 aliphatic carbocycles. The molecule has 0 atom stereocenters. The Morgan fingerprint density at radius 1 is 1.53 bits per heavy atom. The zero-order valence-corrected chi connectivity index (χ0v) is 12.2. The number of aryl methyl sites for hydroxylation is 1. The van der Waals surface area contributed by atoms with Gasteiger partial charge in [-0.1, -0.05) is 0 Å². The highest BCUT2D eigenvalue weighted by atomic mass is 32.1. The molecule has 0 spiro atoms. The van der Waals surface area contributed by atoms with Gasteiger partial charge >= 0.3 is 0 Å². The third-order valence-electron chi connectivity index (χ3n) is 2.49. The van der Waals surface area contributed by atoms with Crippen molar-refractivity contribution in [3.05, 3.63) is 18.0 Å². The molecule has 0 aliphatic heterocycles. The summed E-state index contributed by atoms with van der Waals surface area (Å²) in [5, 5.41) is 8.33. The number of hydrogen-bond donors (Lipinski definition) is 2. The van der Waals surface area contributed by atoms with E-state index in [-0.39, 0.29) is 6.10 Å². The van der Waals surface area contributed by atoms with Crippen LogP contribution in [0.3, 0.4) is 0 Å². The van der Waals surface area contributed by atoms with Gasteiger partial charge in [0.1, 0.15) is 0 Å². The van der Waals surface area contributed by atoms with E-state index in [1.165, 1.54) is 17.1 Å². The number of aromatic nitrogens is 3. The van der Waals surface area contributed by atoms with Crippen molar-refractivity contribution in [3.8, 4) is 5.75 Å². The molecule has 2 heterocycles. The third-order valence-corrected chi connectivity index (χ3v) is 3.29. The minimum Gasteiger partial charge on any atom is -0.484 e. The minimum absolute atomic E-state index is 0.0811. The van der Waals surface area contributed by atoms with Crippen molar-refractivity contribution in [1.29, 1.82) is 0 Å². The van der Waals surface area contributed by atoms with Crippen LogP contribution in [0.25, 0.3) is 0 Å². The van der Waals surface area contributed by atoms with Crippen molar-refractivity contribution < 1.29 is 4.74 Å². The Morgan fingerprint density at radius 2 is 2.32 bits per heavy atom. The topological polar surface area (TPSA) is 78.0 Å². The van der Waals surface area contributed by atoms with E-state index in [4.69, 9.17) is 10.5 Å². The molecule has 19 heavy (non-hydrogen) atoms. The zero-order valence-electron chi connectivity index (χ0n) is 11.4. The fourth-order valence-corrected chi connectivity index (χ4v) is 2.35. The summed E-state index contributed by atoms with van der Waals surface area (Å²) >= 11 is 1.33. The van der Waals surface area contributed by atoms with E-state index in [2.05, 4.69) is 14.8 Å². The SMILES string of the molecule is CC(C)Oc1c(N)nsc1NCCc1cnn(C)c1. The van der Waals surface area contributed by atoms with Crippen LogP contribution in [-0.2, 0) is 13.5 Å². The molecule has 104 valence electrons. The van der Waals surface area contributed by atoms with Crippen LogP contribution in [0.5, 0.6) is 5.75 Å². The first-order valence-corrected chi connectivity index (χ1v) is 6.96. The molecule has 0 fully saturated rings.